The molecule has 148 valence electrons. The molecule has 1 amide bonds. The molecule has 0 spiro atoms. The molecule has 0 radical (unpaired) electrons. The molecule has 6 heteroatoms. The summed E-state index contributed by atoms with van der Waals surface area (Å²) >= 11 is 0. The quantitative estimate of drug-likeness (QED) is 0.594. The van der Waals surface area contributed by atoms with Crippen molar-refractivity contribution in [2.75, 3.05) is 19.5 Å². The van der Waals surface area contributed by atoms with Gasteiger partial charge in [-0.15, -0.1) is 0 Å². The van der Waals surface area contributed by atoms with Gasteiger partial charge in [0.25, 0.3) is 0 Å². The molecular formula is C22H25NO5. The van der Waals surface area contributed by atoms with Gasteiger partial charge in [0.1, 0.15) is 5.60 Å². The second-order valence-electron chi connectivity index (χ2n) is 6.98. The molecule has 0 aliphatic carbocycles. The topological polar surface area (TPSA) is 73.9 Å². The number of methoxy groups -OCH3 is 2. The number of rotatable bonds is 6. The van der Waals surface area contributed by atoms with E-state index < -0.39 is 11.6 Å². The summed E-state index contributed by atoms with van der Waals surface area (Å²) < 4.78 is 15.8. The van der Waals surface area contributed by atoms with Crippen molar-refractivity contribution in [3.63, 3.8) is 0 Å². The molecule has 0 bridgehead atoms. The molecule has 0 aliphatic rings. The van der Waals surface area contributed by atoms with Crippen molar-refractivity contribution in [1.82, 2.24) is 0 Å². The van der Waals surface area contributed by atoms with Crippen LogP contribution in [0, 0.1) is 0 Å². The van der Waals surface area contributed by atoms with Crippen LogP contribution in [-0.2, 0) is 9.53 Å². The molecule has 6 nitrogen and oxygen atoms in total. The van der Waals surface area contributed by atoms with Crippen LogP contribution in [0.5, 0.6) is 11.5 Å². The normalized spacial score (nSPS) is 11.2. The highest BCUT2D eigenvalue weighted by molar-refractivity contribution is 6.06. The van der Waals surface area contributed by atoms with Crippen LogP contribution in [0.25, 0.3) is 6.08 Å². The number of carbonyl (C=O) groups excluding carboxylic acids is 2. The second-order valence-corrected chi connectivity index (χ2v) is 6.98. The number of nitrogens with one attached hydrogen (secondary N) is 1. The van der Waals surface area contributed by atoms with E-state index in [2.05, 4.69) is 5.32 Å². The Morgan fingerprint density at radius 2 is 1.64 bits per heavy atom. The number of benzene rings is 2. The summed E-state index contributed by atoms with van der Waals surface area (Å²) in [5.41, 5.74) is 0.832. The Hall–Kier alpha value is -3.28. The molecule has 0 unspecified atom stereocenters. The van der Waals surface area contributed by atoms with Crippen LogP contribution in [0.15, 0.2) is 48.5 Å². The summed E-state index contributed by atoms with van der Waals surface area (Å²) in [5, 5.41) is 2.72. The third kappa shape index (κ3) is 5.87. The lowest BCUT2D eigenvalue weighted by Crippen LogP contribution is -2.24. The van der Waals surface area contributed by atoms with E-state index in [-0.39, 0.29) is 5.91 Å². The average molecular weight is 383 g/mol. The summed E-state index contributed by atoms with van der Waals surface area (Å²) in [4.78, 5) is 24.7. The number of esters is 1. The lowest BCUT2D eigenvalue weighted by molar-refractivity contribution is -0.111. The number of para-hydroxylation sites is 1. The Morgan fingerprint density at radius 1 is 0.964 bits per heavy atom. The largest absolute Gasteiger partial charge is 0.493 e. The lowest BCUT2D eigenvalue weighted by Gasteiger charge is -2.20. The maximum absolute atomic E-state index is 12.4. The van der Waals surface area contributed by atoms with Crippen molar-refractivity contribution in [2.24, 2.45) is 0 Å². The smallest absolute Gasteiger partial charge is 0.340 e. The Morgan fingerprint density at radius 3 is 2.29 bits per heavy atom. The Labute approximate surface area is 165 Å². The summed E-state index contributed by atoms with van der Waals surface area (Å²) in [6, 6.07) is 12.0. The molecule has 2 aromatic carbocycles. The Bertz CT molecular complexity index is 881. The van der Waals surface area contributed by atoms with Crippen molar-refractivity contribution in [2.45, 2.75) is 26.4 Å². The third-order valence-electron chi connectivity index (χ3n) is 3.64. The molecule has 0 saturated heterocycles. The van der Waals surface area contributed by atoms with Gasteiger partial charge in [-0.1, -0.05) is 18.2 Å². The summed E-state index contributed by atoms with van der Waals surface area (Å²) in [7, 11) is 3.11. The van der Waals surface area contributed by atoms with Gasteiger partial charge in [0, 0.05) is 6.08 Å². The first-order valence-corrected chi connectivity index (χ1v) is 8.77. The fraction of sp³-hybridized carbons (Fsp3) is 0.273. The van der Waals surface area contributed by atoms with Crippen molar-refractivity contribution >= 4 is 23.6 Å². The average Bonchev–Trinajstić information content (AvgIpc) is 2.65. The molecule has 0 aromatic heterocycles. The SMILES string of the molecule is COc1ccc(/C=C/C(=O)Nc2ccccc2C(=O)OC(C)(C)C)cc1OC. The van der Waals surface area contributed by atoms with Gasteiger partial charge in [0.2, 0.25) is 5.91 Å². The van der Waals surface area contributed by atoms with Gasteiger partial charge in [-0.3, -0.25) is 4.79 Å². The minimum Gasteiger partial charge on any atom is -0.493 e. The van der Waals surface area contributed by atoms with Crippen LogP contribution >= 0.6 is 0 Å². The van der Waals surface area contributed by atoms with Crippen LogP contribution < -0.4 is 14.8 Å². The van der Waals surface area contributed by atoms with Crippen LogP contribution in [-0.4, -0.2) is 31.7 Å². The number of ether oxygens (including phenoxy) is 3. The zero-order chi connectivity index (χ0) is 20.7. The number of carbonyl (C=O) groups is 2. The third-order valence-corrected chi connectivity index (χ3v) is 3.64. The zero-order valence-electron chi connectivity index (χ0n) is 16.7. The molecule has 1 N–H and O–H groups in total. The highest BCUT2D eigenvalue weighted by Crippen LogP contribution is 2.28. The molecule has 0 aliphatic heterocycles. The first-order valence-electron chi connectivity index (χ1n) is 8.77. The predicted octanol–water partition coefficient (Wildman–Crippen LogP) is 4.31. The van der Waals surface area contributed by atoms with E-state index in [1.54, 1.807) is 83.5 Å². The molecule has 28 heavy (non-hydrogen) atoms. The van der Waals surface area contributed by atoms with Crippen molar-refractivity contribution in [3.8, 4) is 11.5 Å². The number of hydrogen-bond acceptors (Lipinski definition) is 5. The minimum atomic E-state index is -0.623. The lowest BCUT2D eigenvalue weighted by atomic mass is 10.1. The van der Waals surface area contributed by atoms with Gasteiger partial charge in [-0.25, -0.2) is 4.79 Å². The van der Waals surface area contributed by atoms with Crippen LogP contribution in [0.2, 0.25) is 0 Å². The van der Waals surface area contributed by atoms with Gasteiger partial charge in [0.15, 0.2) is 11.5 Å². The van der Waals surface area contributed by atoms with Gasteiger partial charge in [-0.2, -0.15) is 0 Å². The van der Waals surface area contributed by atoms with E-state index in [1.165, 1.54) is 6.08 Å². The fourth-order valence-electron chi connectivity index (χ4n) is 2.41. The van der Waals surface area contributed by atoms with Crippen LogP contribution in [0.1, 0.15) is 36.7 Å². The van der Waals surface area contributed by atoms with Crippen LogP contribution in [0.3, 0.4) is 0 Å². The van der Waals surface area contributed by atoms with E-state index in [4.69, 9.17) is 14.2 Å². The summed E-state index contributed by atoms with van der Waals surface area (Å²) in [5.74, 6) is 0.314. The molecular weight excluding hydrogens is 358 g/mol. The molecule has 0 heterocycles. The molecule has 2 rings (SSSR count). The van der Waals surface area contributed by atoms with Crippen molar-refractivity contribution in [1.29, 1.82) is 0 Å². The number of amides is 1. The monoisotopic (exact) mass is 383 g/mol. The summed E-state index contributed by atoms with van der Waals surface area (Å²) in [6.07, 6.45) is 3.03. The maximum Gasteiger partial charge on any atom is 0.340 e. The first kappa shape index (κ1) is 21.0. The fourth-order valence-corrected chi connectivity index (χ4v) is 2.41. The molecule has 0 atom stereocenters. The Balaban J connectivity index is 2.13. The van der Waals surface area contributed by atoms with Gasteiger partial charge in [0.05, 0.1) is 25.5 Å². The second kappa shape index (κ2) is 9.08. The number of hydrogen-bond donors (Lipinski definition) is 1. The van der Waals surface area contributed by atoms with Crippen LogP contribution in [0.4, 0.5) is 5.69 Å². The maximum atomic E-state index is 12.4. The minimum absolute atomic E-state index is 0.297. The van der Waals surface area contributed by atoms with Crippen molar-refractivity contribution in [3.05, 3.63) is 59.7 Å². The van der Waals surface area contributed by atoms with E-state index in [1.807, 2.05) is 0 Å². The number of anilines is 1. The van der Waals surface area contributed by atoms with E-state index >= 15 is 0 Å². The highest BCUT2D eigenvalue weighted by atomic mass is 16.6. The molecule has 0 fully saturated rings. The standard InChI is InChI=1S/C22H25NO5/c1-22(2,3)28-21(25)16-8-6-7-9-17(16)23-20(24)13-11-15-10-12-18(26-4)19(14-15)27-5/h6-14H,1-5H3,(H,23,24)/b13-11+. The van der Waals surface area contributed by atoms with Gasteiger partial charge in [-0.05, 0) is 56.7 Å². The zero-order valence-corrected chi connectivity index (χ0v) is 16.7. The van der Waals surface area contributed by atoms with E-state index in [0.29, 0.717) is 22.7 Å². The Kier molecular flexibility index (Phi) is 6.82. The van der Waals surface area contributed by atoms with E-state index in [0.717, 1.165) is 5.56 Å². The van der Waals surface area contributed by atoms with E-state index in [9.17, 15) is 9.59 Å². The highest BCUT2D eigenvalue weighted by Gasteiger charge is 2.20. The summed E-state index contributed by atoms with van der Waals surface area (Å²) in [6.45, 7) is 5.37. The first-order chi connectivity index (χ1) is 13.2. The molecule has 0 saturated carbocycles. The van der Waals surface area contributed by atoms with Gasteiger partial charge >= 0.3 is 5.97 Å². The van der Waals surface area contributed by atoms with Crippen molar-refractivity contribution < 1.29 is 23.8 Å². The predicted molar refractivity (Wildman–Crippen MR) is 109 cm³/mol. The van der Waals surface area contributed by atoms with Gasteiger partial charge < -0.3 is 19.5 Å². The molecule has 2 aromatic rings.